The Labute approximate surface area is 181 Å². The average molecular weight is 415 g/mol. The number of hydrogen-bond acceptors (Lipinski definition) is 3. The third-order valence-electron chi connectivity index (χ3n) is 5.59. The molecule has 1 N–H and O–H groups in total. The SMILES string of the molecule is CCCOc1ccc([C@@H]2[C@H](C(=O)O)c3ccccc3C(=O)N2Cc2ccccc2)cc1. The van der Waals surface area contributed by atoms with Crippen molar-refractivity contribution in [3.8, 4) is 5.75 Å². The number of rotatable bonds is 7. The molecule has 4 rings (SSSR count). The Bertz CT molecular complexity index is 1060. The Kier molecular flexibility index (Phi) is 6.03. The fourth-order valence-corrected chi connectivity index (χ4v) is 4.17. The fraction of sp³-hybridized carbons (Fsp3) is 0.231. The first-order valence-electron chi connectivity index (χ1n) is 10.5. The summed E-state index contributed by atoms with van der Waals surface area (Å²) in [6, 6.07) is 23.5. The van der Waals surface area contributed by atoms with Crippen LogP contribution in [-0.2, 0) is 11.3 Å². The molecule has 1 aliphatic heterocycles. The van der Waals surface area contributed by atoms with Gasteiger partial charge in [0.05, 0.1) is 12.6 Å². The minimum atomic E-state index is -0.950. The molecule has 158 valence electrons. The second-order valence-electron chi connectivity index (χ2n) is 7.68. The van der Waals surface area contributed by atoms with Crippen molar-refractivity contribution >= 4 is 11.9 Å². The van der Waals surface area contributed by atoms with Crippen LogP contribution in [0.15, 0.2) is 78.9 Å². The van der Waals surface area contributed by atoms with Gasteiger partial charge in [-0.2, -0.15) is 0 Å². The van der Waals surface area contributed by atoms with Gasteiger partial charge in [0.1, 0.15) is 11.7 Å². The minimum Gasteiger partial charge on any atom is -0.494 e. The van der Waals surface area contributed by atoms with Gasteiger partial charge in [0.25, 0.3) is 5.91 Å². The van der Waals surface area contributed by atoms with Gasteiger partial charge in [0.2, 0.25) is 0 Å². The molecule has 0 aromatic heterocycles. The lowest BCUT2D eigenvalue weighted by Crippen LogP contribution is -2.44. The molecule has 31 heavy (non-hydrogen) atoms. The molecule has 1 amide bonds. The van der Waals surface area contributed by atoms with Crippen molar-refractivity contribution in [3.63, 3.8) is 0 Å². The highest BCUT2D eigenvalue weighted by molar-refractivity contribution is 6.00. The van der Waals surface area contributed by atoms with Crippen LogP contribution in [0.2, 0.25) is 0 Å². The highest BCUT2D eigenvalue weighted by Crippen LogP contribution is 2.43. The Balaban J connectivity index is 1.80. The maximum atomic E-state index is 13.5. The molecular formula is C26H25NO4. The molecule has 1 heterocycles. The third kappa shape index (κ3) is 4.17. The van der Waals surface area contributed by atoms with Crippen LogP contribution in [0.25, 0.3) is 0 Å². The van der Waals surface area contributed by atoms with Gasteiger partial charge >= 0.3 is 5.97 Å². The first kappa shape index (κ1) is 20.7. The van der Waals surface area contributed by atoms with E-state index in [1.807, 2.05) is 61.5 Å². The molecule has 2 atom stereocenters. The Morgan fingerprint density at radius 1 is 0.968 bits per heavy atom. The van der Waals surface area contributed by atoms with E-state index in [1.165, 1.54) is 0 Å². The van der Waals surface area contributed by atoms with E-state index in [0.717, 1.165) is 23.3 Å². The predicted octanol–water partition coefficient (Wildman–Crippen LogP) is 5.04. The minimum absolute atomic E-state index is 0.159. The first-order chi connectivity index (χ1) is 15.1. The van der Waals surface area contributed by atoms with E-state index >= 15 is 0 Å². The number of nitrogens with zero attached hydrogens (tertiary/aromatic N) is 1. The summed E-state index contributed by atoms with van der Waals surface area (Å²) in [4.78, 5) is 27.6. The molecule has 0 spiro atoms. The van der Waals surface area contributed by atoms with Crippen LogP contribution in [0.4, 0.5) is 0 Å². The molecule has 0 bridgehead atoms. The molecule has 3 aromatic rings. The summed E-state index contributed by atoms with van der Waals surface area (Å²) < 4.78 is 5.67. The summed E-state index contributed by atoms with van der Waals surface area (Å²) >= 11 is 0. The van der Waals surface area contributed by atoms with Gasteiger partial charge < -0.3 is 14.7 Å². The second kappa shape index (κ2) is 9.04. The number of benzene rings is 3. The normalized spacial score (nSPS) is 17.8. The van der Waals surface area contributed by atoms with E-state index in [9.17, 15) is 14.7 Å². The number of amides is 1. The first-order valence-corrected chi connectivity index (χ1v) is 10.5. The molecule has 5 heteroatoms. The zero-order chi connectivity index (χ0) is 21.8. The largest absolute Gasteiger partial charge is 0.494 e. The van der Waals surface area contributed by atoms with Crippen LogP contribution in [0, 0.1) is 0 Å². The fourth-order valence-electron chi connectivity index (χ4n) is 4.17. The van der Waals surface area contributed by atoms with Crippen LogP contribution in [0.3, 0.4) is 0 Å². The van der Waals surface area contributed by atoms with Gasteiger partial charge in [-0.1, -0.05) is 67.6 Å². The van der Waals surface area contributed by atoms with Gasteiger partial charge in [-0.05, 0) is 41.3 Å². The molecule has 5 nitrogen and oxygen atoms in total. The summed E-state index contributed by atoms with van der Waals surface area (Å²) in [6.07, 6.45) is 0.904. The highest BCUT2D eigenvalue weighted by Gasteiger charge is 2.44. The van der Waals surface area contributed by atoms with Crippen LogP contribution in [0.1, 0.15) is 52.4 Å². The van der Waals surface area contributed by atoms with Gasteiger partial charge in [0, 0.05) is 12.1 Å². The van der Waals surface area contributed by atoms with Crippen LogP contribution in [0.5, 0.6) is 5.75 Å². The van der Waals surface area contributed by atoms with Crippen molar-refractivity contribution < 1.29 is 19.4 Å². The van der Waals surface area contributed by atoms with Crippen molar-refractivity contribution in [1.82, 2.24) is 4.90 Å². The van der Waals surface area contributed by atoms with Crippen molar-refractivity contribution in [2.45, 2.75) is 31.8 Å². The highest BCUT2D eigenvalue weighted by atomic mass is 16.5. The molecule has 3 aromatic carbocycles. The summed E-state index contributed by atoms with van der Waals surface area (Å²) in [5.41, 5.74) is 2.73. The number of ether oxygens (including phenoxy) is 1. The standard InChI is InChI=1S/C26H25NO4/c1-2-16-31-20-14-12-19(13-15-20)24-23(26(29)30)21-10-6-7-11-22(21)25(28)27(24)17-18-8-4-3-5-9-18/h3-15,23-24H,2,16-17H2,1H3,(H,29,30)/t23-,24-/m1/s1. The molecule has 0 unspecified atom stereocenters. The maximum absolute atomic E-state index is 13.5. The zero-order valence-electron chi connectivity index (χ0n) is 17.4. The van der Waals surface area contributed by atoms with Crippen molar-refractivity contribution in [2.24, 2.45) is 0 Å². The number of carboxylic acid groups (broad SMARTS) is 1. The number of carbonyl (C=O) groups excluding carboxylic acids is 1. The number of hydrogen-bond donors (Lipinski definition) is 1. The van der Waals surface area contributed by atoms with Crippen molar-refractivity contribution in [1.29, 1.82) is 0 Å². The zero-order valence-corrected chi connectivity index (χ0v) is 17.4. The van der Waals surface area contributed by atoms with Gasteiger partial charge in [-0.15, -0.1) is 0 Å². The lowest BCUT2D eigenvalue weighted by molar-refractivity contribution is -0.140. The number of aliphatic carboxylic acids is 1. The van der Waals surface area contributed by atoms with E-state index in [-0.39, 0.29) is 5.91 Å². The molecule has 0 aliphatic carbocycles. The Hall–Kier alpha value is -3.60. The summed E-state index contributed by atoms with van der Waals surface area (Å²) in [6.45, 7) is 2.99. The number of fused-ring (bicyclic) bond motifs is 1. The third-order valence-corrected chi connectivity index (χ3v) is 5.59. The van der Waals surface area contributed by atoms with E-state index in [4.69, 9.17) is 4.74 Å². The smallest absolute Gasteiger partial charge is 0.313 e. The van der Waals surface area contributed by atoms with Crippen molar-refractivity contribution in [2.75, 3.05) is 6.61 Å². The van der Waals surface area contributed by atoms with Gasteiger partial charge in [-0.25, -0.2) is 0 Å². The Morgan fingerprint density at radius 3 is 2.32 bits per heavy atom. The molecule has 1 aliphatic rings. The van der Waals surface area contributed by atoms with Crippen molar-refractivity contribution in [3.05, 3.63) is 101 Å². The van der Waals surface area contributed by atoms with E-state index in [0.29, 0.717) is 24.3 Å². The van der Waals surface area contributed by atoms with Crippen LogP contribution >= 0.6 is 0 Å². The van der Waals surface area contributed by atoms with Crippen LogP contribution < -0.4 is 4.74 Å². The second-order valence-corrected chi connectivity index (χ2v) is 7.68. The molecule has 0 fully saturated rings. The molecule has 0 saturated carbocycles. The lowest BCUT2D eigenvalue weighted by atomic mass is 9.79. The summed E-state index contributed by atoms with van der Waals surface area (Å²) in [5.74, 6) is -1.24. The van der Waals surface area contributed by atoms with E-state index in [1.54, 1.807) is 29.2 Å². The van der Waals surface area contributed by atoms with Gasteiger partial charge in [0.15, 0.2) is 0 Å². The molecular weight excluding hydrogens is 390 g/mol. The predicted molar refractivity (Wildman–Crippen MR) is 118 cm³/mol. The number of carbonyl (C=O) groups is 2. The topological polar surface area (TPSA) is 66.8 Å². The summed E-state index contributed by atoms with van der Waals surface area (Å²) in [7, 11) is 0. The van der Waals surface area contributed by atoms with Crippen LogP contribution in [-0.4, -0.2) is 28.5 Å². The number of carboxylic acids is 1. The van der Waals surface area contributed by atoms with E-state index in [2.05, 4.69) is 0 Å². The Morgan fingerprint density at radius 2 is 1.65 bits per heavy atom. The molecule has 0 radical (unpaired) electrons. The van der Waals surface area contributed by atoms with Gasteiger partial charge in [-0.3, -0.25) is 9.59 Å². The molecule has 0 saturated heterocycles. The summed E-state index contributed by atoms with van der Waals surface area (Å²) in [5, 5.41) is 10.2. The lowest BCUT2D eigenvalue weighted by Gasteiger charge is -2.41. The monoisotopic (exact) mass is 415 g/mol. The maximum Gasteiger partial charge on any atom is 0.313 e. The average Bonchev–Trinajstić information content (AvgIpc) is 2.80. The quantitative estimate of drug-likeness (QED) is 0.587. The van der Waals surface area contributed by atoms with E-state index < -0.39 is 17.9 Å².